The minimum absolute atomic E-state index is 0.00697. The number of aryl methyl sites for hydroxylation is 1. The number of amides is 2. The third-order valence-corrected chi connectivity index (χ3v) is 4.63. The van der Waals surface area contributed by atoms with E-state index in [9.17, 15) is 9.59 Å². The summed E-state index contributed by atoms with van der Waals surface area (Å²) >= 11 is 1.56. The monoisotopic (exact) mass is 318 g/mol. The first-order valence-corrected chi connectivity index (χ1v) is 8.48. The second kappa shape index (κ2) is 7.94. The molecule has 0 bridgehead atoms. The molecule has 0 atom stereocenters. The van der Waals surface area contributed by atoms with Crippen LogP contribution in [-0.4, -0.2) is 24.9 Å². The van der Waals surface area contributed by atoms with E-state index in [1.165, 1.54) is 12.3 Å². The molecule has 0 saturated heterocycles. The molecule has 2 aromatic rings. The topological polar surface area (TPSA) is 58.2 Å². The van der Waals surface area contributed by atoms with E-state index in [1.807, 2.05) is 12.1 Å². The second-order valence-corrected chi connectivity index (χ2v) is 6.30. The predicted molar refractivity (Wildman–Crippen MR) is 91.5 cm³/mol. The Morgan fingerprint density at radius 3 is 2.59 bits per heavy atom. The summed E-state index contributed by atoms with van der Waals surface area (Å²) in [4.78, 5) is 24.0. The van der Waals surface area contributed by atoms with Gasteiger partial charge in [0, 0.05) is 24.7 Å². The minimum atomic E-state index is -0.0407. The quantitative estimate of drug-likeness (QED) is 0.771. The van der Waals surface area contributed by atoms with Crippen molar-refractivity contribution in [2.24, 2.45) is 0 Å². The molecular formula is C17H22N2O2S. The lowest BCUT2D eigenvalue weighted by Crippen LogP contribution is -2.28. The predicted octanol–water partition coefficient (Wildman–Crippen LogP) is 3.11. The normalized spacial score (nSPS) is 10.6. The zero-order chi connectivity index (χ0) is 15.9. The van der Waals surface area contributed by atoms with Crippen LogP contribution in [0.4, 0.5) is 0 Å². The zero-order valence-corrected chi connectivity index (χ0v) is 13.9. The van der Waals surface area contributed by atoms with Crippen LogP contribution in [0.3, 0.4) is 0 Å². The van der Waals surface area contributed by atoms with E-state index >= 15 is 0 Å². The van der Waals surface area contributed by atoms with E-state index in [0.29, 0.717) is 13.1 Å². The van der Waals surface area contributed by atoms with Crippen LogP contribution in [0.15, 0.2) is 24.3 Å². The number of rotatable bonds is 7. The number of carbonyl (C=O) groups is 2. The van der Waals surface area contributed by atoms with Crippen molar-refractivity contribution in [2.45, 2.75) is 33.1 Å². The third-order valence-electron chi connectivity index (χ3n) is 3.42. The summed E-state index contributed by atoms with van der Waals surface area (Å²) in [5.41, 5.74) is 1.16. The molecule has 5 heteroatoms. The van der Waals surface area contributed by atoms with Crippen LogP contribution in [-0.2, 0) is 11.2 Å². The summed E-state index contributed by atoms with van der Waals surface area (Å²) in [6.07, 6.45) is 2.67. The summed E-state index contributed by atoms with van der Waals surface area (Å²) in [5, 5.41) is 6.87. The van der Waals surface area contributed by atoms with Crippen LogP contribution in [0.25, 0.3) is 10.1 Å². The second-order valence-electron chi connectivity index (χ2n) is 5.25. The summed E-state index contributed by atoms with van der Waals surface area (Å²) in [5.74, 6) is -0.0476. The highest BCUT2D eigenvalue weighted by molar-refractivity contribution is 7.21. The highest BCUT2D eigenvalue weighted by Crippen LogP contribution is 2.32. The number of fused-ring (bicyclic) bond motifs is 1. The average molecular weight is 318 g/mol. The van der Waals surface area contributed by atoms with Crippen molar-refractivity contribution >= 4 is 33.2 Å². The Hall–Kier alpha value is -1.88. The van der Waals surface area contributed by atoms with Gasteiger partial charge in [-0.1, -0.05) is 31.5 Å². The smallest absolute Gasteiger partial charge is 0.261 e. The van der Waals surface area contributed by atoms with Gasteiger partial charge in [0.15, 0.2) is 0 Å². The molecule has 2 N–H and O–H groups in total. The first-order chi connectivity index (χ1) is 10.6. The van der Waals surface area contributed by atoms with Crippen molar-refractivity contribution in [3.63, 3.8) is 0 Å². The standard InChI is InChI=1S/C17H22N2O2S/c1-3-7-14-13-8-4-5-9-15(13)22-16(14)17(21)19-11-6-10-18-12(2)20/h4-5,8-9H,3,6-7,10-11H2,1-2H3,(H,18,20)(H,19,21). The van der Waals surface area contributed by atoms with Crippen molar-refractivity contribution < 1.29 is 9.59 Å². The van der Waals surface area contributed by atoms with Gasteiger partial charge in [0.1, 0.15) is 0 Å². The van der Waals surface area contributed by atoms with E-state index in [4.69, 9.17) is 0 Å². The highest BCUT2D eigenvalue weighted by Gasteiger charge is 2.17. The molecule has 1 heterocycles. The molecule has 0 aliphatic carbocycles. The summed E-state index contributed by atoms with van der Waals surface area (Å²) in [6, 6.07) is 8.17. The zero-order valence-electron chi connectivity index (χ0n) is 13.1. The number of benzene rings is 1. The van der Waals surface area contributed by atoms with E-state index < -0.39 is 0 Å². The van der Waals surface area contributed by atoms with Crippen molar-refractivity contribution in [1.82, 2.24) is 10.6 Å². The van der Waals surface area contributed by atoms with Gasteiger partial charge < -0.3 is 10.6 Å². The van der Waals surface area contributed by atoms with Gasteiger partial charge in [-0.3, -0.25) is 9.59 Å². The Bertz CT molecular complexity index is 664. The van der Waals surface area contributed by atoms with Gasteiger partial charge in [-0.2, -0.15) is 0 Å². The number of hydrogen-bond donors (Lipinski definition) is 2. The molecule has 2 rings (SSSR count). The van der Waals surface area contributed by atoms with Crippen LogP contribution >= 0.6 is 11.3 Å². The van der Waals surface area contributed by atoms with Crippen LogP contribution < -0.4 is 10.6 Å². The largest absolute Gasteiger partial charge is 0.356 e. The molecule has 1 aromatic carbocycles. The lowest BCUT2D eigenvalue weighted by molar-refractivity contribution is -0.118. The maximum absolute atomic E-state index is 12.4. The molecule has 22 heavy (non-hydrogen) atoms. The number of hydrogen-bond acceptors (Lipinski definition) is 3. The van der Waals surface area contributed by atoms with Gasteiger partial charge in [0.2, 0.25) is 5.91 Å². The summed E-state index contributed by atoms with van der Waals surface area (Å²) < 4.78 is 1.16. The lowest BCUT2D eigenvalue weighted by atomic mass is 10.1. The number of nitrogens with one attached hydrogen (secondary N) is 2. The van der Waals surface area contributed by atoms with Gasteiger partial charge in [-0.05, 0) is 29.9 Å². The number of carbonyl (C=O) groups excluding carboxylic acids is 2. The fraction of sp³-hybridized carbons (Fsp3) is 0.412. The van der Waals surface area contributed by atoms with Gasteiger partial charge in [-0.15, -0.1) is 11.3 Å². The van der Waals surface area contributed by atoms with E-state index in [2.05, 4.69) is 29.7 Å². The first kappa shape index (κ1) is 16.5. The van der Waals surface area contributed by atoms with Gasteiger partial charge in [0.25, 0.3) is 5.91 Å². The molecule has 2 amide bonds. The molecule has 0 aliphatic rings. The first-order valence-electron chi connectivity index (χ1n) is 7.66. The van der Waals surface area contributed by atoms with Crippen LogP contribution in [0.1, 0.15) is 41.9 Å². The molecule has 118 valence electrons. The van der Waals surface area contributed by atoms with Crippen molar-refractivity contribution in [3.8, 4) is 0 Å². The molecule has 0 unspecified atom stereocenters. The molecule has 0 saturated carbocycles. The van der Waals surface area contributed by atoms with Gasteiger partial charge in [-0.25, -0.2) is 0 Å². The minimum Gasteiger partial charge on any atom is -0.356 e. The molecule has 0 radical (unpaired) electrons. The molecule has 0 aliphatic heterocycles. The summed E-state index contributed by atoms with van der Waals surface area (Å²) in [6.45, 7) is 4.77. The maximum atomic E-state index is 12.4. The maximum Gasteiger partial charge on any atom is 0.261 e. The Morgan fingerprint density at radius 1 is 1.14 bits per heavy atom. The Morgan fingerprint density at radius 2 is 1.86 bits per heavy atom. The fourth-order valence-corrected chi connectivity index (χ4v) is 3.58. The van der Waals surface area contributed by atoms with Crippen LogP contribution in [0.5, 0.6) is 0 Å². The van der Waals surface area contributed by atoms with Gasteiger partial charge in [0.05, 0.1) is 4.88 Å². The Balaban J connectivity index is 2.04. The Kier molecular flexibility index (Phi) is 5.95. The average Bonchev–Trinajstić information content (AvgIpc) is 2.86. The lowest BCUT2D eigenvalue weighted by Gasteiger charge is -2.06. The molecule has 1 aromatic heterocycles. The molecular weight excluding hydrogens is 296 g/mol. The van der Waals surface area contributed by atoms with E-state index in [-0.39, 0.29) is 11.8 Å². The van der Waals surface area contributed by atoms with Gasteiger partial charge >= 0.3 is 0 Å². The SMILES string of the molecule is CCCc1c(C(=O)NCCCNC(C)=O)sc2ccccc12. The molecule has 0 spiro atoms. The van der Waals surface area contributed by atoms with E-state index in [1.54, 1.807) is 11.3 Å². The molecule has 4 nitrogen and oxygen atoms in total. The van der Waals surface area contributed by atoms with Crippen molar-refractivity contribution in [1.29, 1.82) is 0 Å². The van der Waals surface area contributed by atoms with E-state index in [0.717, 1.165) is 34.4 Å². The fourth-order valence-electron chi connectivity index (χ4n) is 2.42. The van der Waals surface area contributed by atoms with Crippen LogP contribution in [0.2, 0.25) is 0 Å². The van der Waals surface area contributed by atoms with Crippen molar-refractivity contribution in [2.75, 3.05) is 13.1 Å². The number of thiophene rings is 1. The highest BCUT2D eigenvalue weighted by atomic mass is 32.1. The summed E-state index contributed by atoms with van der Waals surface area (Å²) in [7, 11) is 0. The molecule has 0 fully saturated rings. The van der Waals surface area contributed by atoms with Crippen LogP contribution in [0, 0.1) is 0 Å². The van der Waals surface area contributed by atoms with Crippen molar-refractivity contribution in [3.05, 3.63) is 34.7 Å². The Labute approximate surface area is 134 Å². The third kappa shape index (κ3) is 4.07.